The molecule has 4 aromatic heterocycles. The first kappa shape index (κ1) is 24.5. The molecule has 0 saturated heterocycles. The molecule has 9 heteroatoms. The number of fused-ring (bicyclic) bond motifs is 2. The number of halogens is 2. The van der Waals surface area contributed by atoms with Crippen molar-refractivity contribution < 1.29 is 8.78 Å². The van der Waals surface area contributed by atoms with Gasteiger partial charge in [0.15, 0.2) is 5.65 Å². The molecule has 1 aliphatic carbocycles. The fourth-order valence-electron chi connectivity index (χ4n) is 4.06. The van der Waals surface area contributed by atoms with Crippen molar-refractivity contribution in [2.45, 2.75) is 72.8 Å². The summed E-state index contributed by atoms with van der Waals surface area (Å²) in [5, 5.41) is 4.08. The predicted octanol–water partition coefficient (Wildman–Crippen LogP) is 5.91. The van der Waals surface area contributed by atoms with Crippen LogP contribution in [0.15, 0.2) is 30.6 Å². The zero-order valence-corrected chi connectivity index (χ0v) is 19.8. The summed E-state index contributed by atoms with van der Waals surface area (Å²) >= 11 is 0. The van der Waals surface area contributed by atoms with Crippen LogP contribution in [0, 0.1) is 12.8 Å². The van der Waals surface area contributed by atoms with Crippen molar-refractivity contribution in [2.75, 3.05) is 5.73 Å². The molecule has 0 spiro atoms. The number of hydrogen-bond acceptors (Lipinski definition) is 5. The van der Waals surface area contributed by atoms with Crippen molar-refractivity contribution in [3.05, 3.63) is 36.4 Å². The molecule has 2 N–H and O–H groups in total. The van der Waals surface area contributed by atoms with E-state index in [1.165, 1.54) is 36.7 Å². The summed E-state index contributed by atoms with van der Waals surface area (Å²) in [6.45, 7) is 7.61. The van der Waals surface area contributed by atoms with Gasteiger partial charge < -0.3 is 10.3 Å². The first-order chi connectivity index (χ1) is 15.9. The molecule has 33 heavy (non-hydrogen) atoms. The second-order valence-electron chi connectivity index (χ2n) is 8.12. The predicted molar refractivity (Wildman–Crippen MR) is 128 cm³/mol. The number of anilines is 1. The van der Waals surface area contributed by atoms with Crippen LogP contribution in [0.2, 0.25) is 0 Å². The van der Waals surface area contributed by atoms with Crippen LogP contribution < -0.4 is 5.73 Å². The Balaban J connectivity index is 0.000000289. The van der Waals surface area contributed by atoms with Gasteiger partial charge in [0, 0.05) is 11.8 Å². The molecule has 5 rings (SSSR count). The van der Waals surface area contributed by atoms with E-state index in [9.17, 15) is 8.78 Å². The van der Waals surface area contributed by atoms with Gasteiger partial charge in [-0.05, 0) is 31.0 Å². The molecule has 178 valence electrons. The minimum atomic E-state index is -2.47. The Morgan fingerprint density at radius 2 is 1.82 bits per heavy atom. The normalized spacial score (nSPS) is 14.2. The van der Waals surface area contributed by atoms with Crippen LogP contribution in [0.4, 0.5) is 14.7 Å². The van der Waals surface area contributed by atoms with Crippen LogP contribution in [0.25, 0.3) is 27.9 Å². The molecular weight excluding hydrogens is 424 g/mol. The van der Waals surface area contributed by atoms with E-state index < -0.39 is 13.0 Å². The standard InChI is InChI=1S/C15H13F2N7.C7H14.C2H6/c1-8-20-11-3-2-10(21-14(11)23(8)7-13(16)17)9-4-5-24-12(9)6-19-15(18)22-24;1-7-5-3-2-4-6-7;1-2/h2-6,13H,7H2,1H3,(H2,18,22);7H,2-6H2,1H3;1-2H3. The van der Waals surface area contributed by atoms with E-state index in [0.29, 0.717) is 22.7 Å². The molecule has 1 fully saturated rings. The topological polar surface area (TPSA) is 86.9 Å². The van der Waals surface area contributed by atoms with E-state index >= 15 is 0 Å². The number of nitrogen functional groups attached to an aromatic ring is 1. The number of aromatic nitrogens is 6. The maximum absolute atomic E-state index is 12.8. The molecule has 0 atom stereocenters. The monoisotopic (exact) mass is 457 g/mol. The van der Waals surface area contributed by atoms with Gasteiger partial charge in [-0.15, -0.1) is 5.10 Å². The van der Waals surface area contributed by atoms with Crippen LogP contribution >= 0.6 is 0 Å². The van der Waals surface area contributed by atoms with E-state index in [1.807, 2.05) is 19.9 Å². The maximum Gasteiger partial charge on any atom is 0.256 e. The molecule has 0 unspecified atom stereocenters. The zero-order chi connectivity index (χ0) is 24.0. The lowest BCUT2D eigenvalue weighted by Gasteiger charge is -2.15. The van der Waals surface area contributed by atoms with Gasteiger partial charge in [0.25, 0.3) is 6.43 Å². The number of hydrogen-bond donors (Lipinski definition) is 1. The van der Waals surface area contributed by atoms with E-state index in [-0.39, 0.29) is 5.95 Å². The average molecular weight is 458 g/mol. The highest BCUT2D eigenvalue weighted by molar-refractivity contribution is 5.82. The van der Waals surface area contributed by atoms with Crippen molar-refractivity contribution in [3.8, 4) is 11.3 Å². The number of pyridine rings is 1. The van der Waals surface area contributed by atoms with Crippen molar-refractivity contribution in [2.24, 2.45) is 5.92 Å². The Kier molecular flexibility index (Phi) is 8.30. The fraction of sp³-hybridized carbons (Fsp3) is 0.500. The highest BCUT2D eigenvalue weighted by Crippen LogP contribution is 2.26. The summed E-state index contributed by atoms with van der Waals surface area (Å²) in [6.07, 6.45) is 8.31. The summed E-state index contributed by atoms with van der Waals surface area (Å²) in [6, 6.07) is 5.40. The van der Waals surface area contributed by atoms with Gasteiger partial charge in [0.2, 0.25) is 5.95 Å². The highest BCUT2D eigenvalue weighted by atomic mass is 19.3. The Morgan fingerprint density at radius 3 is 2.45 bits per heavy atom. The second kappa shape index (κ2) is 11.2. The quantitative estimate of drug-likeness (QED) is 0.413. The third-order valence-electron chi connectivity index (χ3n) is 5.71. The molecule has 1 saturated carbocycles. The van der Waals surface area contributed by atoms with Crippen molar-refractivity contribution in [3.63, 3.8) is 0 Å². The first-order valence-electron chi connectivity index (χ1n) is 11.6. The molecule has 0 aliphatic heterocycles. The van der Waals surface area contributed by atoms with Crippen molar-refractivity contribution >= 4 is 22.6 Å². The van der Waals surface area contributed by atoms with E-state index in [4.69, 9.17) is 5.73 Å². The Morgan fingerprint density at radius 1 is 1.09 bits per heavy atom. The maximum atomic E-state index is 12.8. The molecule has 1 aliphatic rings. The van der Waals surface area contributed by atoms with Crippen LogP contribution in [0.3, 0.4) is 0 Å². The molecule has 4 aromatic rings. The SMILES string of the molecule is CC.CC1CCCCC1.Cc1nc2ccc(-c3ccn4nc(N)ncc34)nc2n1CC(F)F. The summed E-state index contributed by atoms with van der Waals surface area (Å²) in [5.41, 5.74) is 8.74. The van der Waals surface area contributed by atoms with Gasteiger partial charge in [-0.2, -0.15) is 0 Å². The summed E-state index contributed by atoms with van der Waals surface area (Å²) in [4.78, 5) is 12.8. The largest absolute Gasteiger partial charge is 0.367 e. The number of rotatable bonds is 3. The fourth-order valence-corrected chi connectivity index (χ4v) is 4.06. The van der Waals surface area contributed by atoms with Gasteiger partial charge in [0.1, 0.15) is 11.3 Å². The number of nitrogens with two attached hydrogens (primary N) is 1. The molecule has 4 heterocycles. The zero-order valence-electron chi connectivity index (χ0n) is 19.8. The smallest absolute Gasteiger partial charge is 0.256 e. The lowest BCUT2D eigenvalue weighted by molar-refractivity contribution is 0.127. The third kappa shape index (κ3) is 5.83. The molecule has 7 nitrogen and oxygen atoms in total. The summed E-state index contributed by atoms with van der Waals surface area (Å²) in [5.74, 6) is 1.71. The molecule has 0 aromatic carbocycles. The average Bonchev–Trinajstić information content (AvgIpc) is 3.36. The number of imidazole rings is 1. The number of alkyl halides is 2. The Hall–Kier alpha value is -3.10. The first-order valence-corrected chi connectivity index (χ1v) is 11.6. The van der Waals surface area contributed by atoms with Crippen LogP contribution in [0.5, 0.6) is 0 Å². The van der Waals surface area contributed by atoms with Crippen LogP contribution in [-0.4, -0.2) is 35.6 Å². The molecular formula is C24H33F2N7. The highest BCUT2D eigenvalue weighted by Gasteiger charge is 2.15. The van der Waals surface area contributed by atoms with Gasteiger partial charge in [0.05, 0.1) is 24.0 Å². The Labute approximate surface area is 193 Å². The second-order valence-corrected chi connectivity index (χ2v) is 8.12. The van der Waals surface area contributed by atoms with Crippen molar-refractivity contribution in [1.82, 2.24) is 29.1 Å². The minimum Gasteiger partial charge on any atom is -0.367 e. The third-order valence-corrected chi connectivity index (χ3v) is 5.71. The lowest BCUT2D eigenvalue weighted by atomic mass is 9.91. The number of nitrogens with zero attached hydrogens (tertiary/aromatic N) is 6. The lowest BCUT2D eigenvalue weighted by Crippen LogP contribution is -2.08. The molecule has 0 bridgehead atoms. The number of aryl methyl sites for hydroxylation is 1. The van der Waals surface area contributed by atoms with Crippen LogP contribution in [0.1, 0.15) is 58.7 Å². The Bertz CT molecular complexity index is 1180. The van der Waals surface area contributed by atoms with E-state index in [1.54, 1.807) is 36.0 Å². The van der Waals surface area contributed by atoms with E-state index in [0.717, 1.165) is 17.0 Å². The molecule has 0 radical (unpaired) electrons. The summed E-state index contributed by atoms with van der Waals surface area (Å²) < 4.78 is 28.7. The van der Waals surface area contributed by atoms with Gasteiger partial charge in [-0.3, -0.25) is 0 Å². The van der Waals surface area contributed by atoms with E-state index in [2.05, 4.69) is 27.0 Å². The summed E-state index contributed by atoms with van der Waals surface area (Å²) in [7, 11) is 0. The van der Waals surface area contributed by atoms with Crippen molar-refractivity contribution in [1.29, 1.82) is 0 Å². The van der Waals surface area contributed by atoms with Gasteiger partial charge in [-0.1, -0.05) is 52.9 Å². The van der Waals surface area contributed by atoms with Crippen LogP contribution in [-0.2, 0) is 6.54 Å². The van der Waals surface area contributed by atoms with Gasteiger partial charge in [-0.25, -0.2) is 28.2 Å². The van der Waals surface area contributed by atoms with Gasteiger partial charge >= 0.3 is 0 Å². The molecule has 0 amide bonds. The minimum absolute atomic E-state index is 0.165.